The Bertz CT molecular complexity index is 510. The Kier molecular flexibility index (Phi) is 4.50. The molecule has 0 amide bonds. The van der Waals surface area contributed by atoms with Crippen LogP contribution in [0.3, 0.4) is 0 Å². The van der Waals surface area contributed by atoms with Crippen molar-refractivity contribution in [2.45, 2.75) is 24.2 Å². The molecule has 0 radical (unpaired) electrons. The maximum absolute atomic E-state index is 13.7. The highest BCUT2D eigenvalue weighted by Crippen LogP contribution is 2.53. The summed E-state index contributed by atoms with van der Waals surface area (Å²) >= 11 is 1.07. The second kappa shape index (κ2) is 5.16. The van der Waals surface area contributed by atoms with Gasteiger partial charge in [0.1, 0.15) is 0 Å². The summed E-state index contributed by atoms with van der Waals surface area (Å²) in [5.41, 5.74) is -9.86. The lowest BCUT2D eigenvalue weighted by Crippen LogP contribution is -2.50. The summed E-state index contributed by atoms with van der Waals surface area (Å²) in [4.78, 5) is 0. The molecule has 0 heterocycles. The van der Waals surface area contributed by atoms with Crippen LogP contribution in [0.2, 0.25) is 0 Å². The van der Waals surface area contributed by atoms with Gasteiger partial charge in [0.15, 0.2) is 0 Å². The highest BCUT2D eigenvalue weighted by atomic mass is 127. The smallest absolute Gasteiger partial charge is 0.218 e. The quantitative estimate of drug-likeness (QED) is 0.394. The van der Waals surface area contributed by atoms with Gasteiger partial charge >= 0.3 is 24.2 Å². The van der Waals surface area contributed by atoms with E-state index in [9.17, 15) is 43.9 Å². The minimum Gasteiger partial charge on any atom is -0.218 e. The van der Waals surface area contributed by atoms with Crippen LogP contribution >= 0.6 is 22.6 Å². The summed E-state index contributed by atoms with van der Waals surface area (Å²) in [5.74, 6) is 0. The van der Waals surface area contributed by atoms with E-state index in [2.05, 4.69) is 0 Å². The van der Waals surface area contributed by atoms with E-state index in [1.54, 1.807) is 0 Å². The molecule has 11 heteroatoms. The predicted octanol–water partition coefficient (Wildman–Crippen LogP) is 5.60. The van der Waals surface area contributed by atoms with Gasteiger partial charge in [0, 0.05) is 9.13 Å². The number of hydrogen-bond donors (Lipinski definition) is 0. The summed E-state index contributed by atoms with van der Waals surface area (Å²) in [5, 5.41) is 0. The lowest BCUT2D eigenvalue weighted by Gasteiger charge is -2.30. The van der Waals surface area contributed by atoms with Gasteiger partial charge in [0.25, 0.3) is 0 Å². The van der Waals surface area contributed by atoms with E-state index >= 15 is 0 Å². The summed E-state index contributed by atoms with van der Waals surface area (Å²) in [7, 11) is 0. The van der Waals surface area contributed by atoms with Crippen molar-refractivity contribution in [2.75, 3.05) is 0 Å². The molecule has 0 unspecified atom stereocenters. The Hall–Kier alpha value is -0.750. The van der Waals surface area contributed by atoms with Crippen molar-refractivity contribution in [3.63, 3.8) is 0 Å². The van der Waals surface area contributed by atoms with Gasteiger partial charge in [-0.1, -0.05) is 0 Å². The molecule has 0 N–H and O–H groups in total. The van der Waals surface area contributed by atoms with Crippen LogP contribution in [0.5, 0.6) is 0 Å². The molecule has 0 fully saturated rings. The fourth-order valence-electron chi connectivity index (χ4n) is 1.44. The number of alkyl halides is 10. The SMILES string of the molecule is FC(F)(F)c1cc(I)cc(C(F)(C(F)(F)F)C(F)(F)F)c1. The minimum absolute atomic E-state index is 0.0662. The van der Waals surface area contributed by atoms with E-state index < -0.39 is 45.0 Å². The summed E-state index contributed by atoms with van der Waals surface area (Å²) in [6.45, 7) is 0. The molecule has 0 aliphatic carbocycles. The van der Waals surface area contributed by atoms with Gasteiger partial charge in [-0.15, -0.1) is 0 Å². The van der Waals surface area contributed by atoms with Crippen LogP contribution in [0.15, 0.2) is 18.2 Å². The van der Waals surface area contributed by atoms with Crippen molar-refractivity contribution in [3.05, 3.63) is 32.9 Å². The lowest BCUT2D eigenvalue weighted by molar-refractivity contribution is -0.348. The van der Waals surface area contributed by atoms with E-state index in [0.717, 1.165) is 22.6 Å². The molecule has 0 nitrogen and oxygen atoms in total. The molecule has 0 aliphatic rings. The molecule has 1 aromatic carbocycles. The Morgan fingerprint density at radius 2 is 1.00 bits per heavy atom. The Balaban J connectivity index is 3.66. The van der Waals surface area contributed by atoms with E-state index in [1.807, 2.05) is 0 Å². The van der Waals surface area contributed by atoms with Gasteiger partial charge < -0.3 is 0 Å². The Labute approximate surface area is 124 Å². The molecule has 0 atom stereocenters. The molecule has 0 aromatic heterocycles. The topological polar surface area (TPSA) is 0 Å². The third kappa shape index (κ3) is 3.37. The molecule has 0 saturated heterocycles. The third-order valence-electron chi connectivity index (χ3n) is 2.40. The highest BCUT2D eigenvalue weighted by Gasteiger charge is 2.73. The van der Waals surface area contributed by atoms with E-state index in [1.165, 1.54) is 0 Å². The second-order valence-electron chi connectivity index (χ2n) is 3.88. The molecule has 1 aromatic rings. The maximum atomic E-state index is 13.7. The summed E-state index contributed by atoms with van der Waals surface area (Å²) < 4.78 is 125. The molecular formula is C10H3F10I. The summed E-state index contributed by atoms with van der Waals surface area (Å²) in [6.07, 6.45) is -18.1. The van der Waals surface area contributed by atoms with Crippen LogP contribution in [0.1, 0.15) is 11.1 Å². The van der Waals surface area contributed by atoms with Crippen molar-refractivity contribution in [2.24, 2.45) is 0 Å². The zero-order valence-electron chi connectivity index (χ0n) is 9.39. The van der Waals surface area contributed by atoms with Crippen LogP contribution in [0.25, 0.3) is 0 Å². The standard InChI is InChI=1S/C10H3F10I/c11-7(9(15,16)17,10(18,19)20)4-1-5(8(12,13)14)3-6(21)2-4/h1-3H. The van der Waals surface area contributed by atoms with Crippen LogP contribution < -0.4 is 0 Å². The first-order valence-corrected chi connectivity index (χ1v) is 5.89. The zero-order chi connectivity index (χ0) is 16.9. The lowest BCUT2D eigenvalue weighted by atomic mass is 9.92. The first-order chi connectivity index (χ1) is 9.10. The second-order valence-corrected chi connectivity index (χ2v) is 5.13. The number of benzene rings is 1. The third-order valence-corrected chi connectivity index (χ3v) is 3.03. The average molecular weight is 440 g/mol. The molecule has 21 heavy (non-hydrogen) atoms. The maximum Gasteiger partial charge on any atom is 0.435 e. The summed E-state index contributed by atoms with van der Waals surface area (Å²) in [6, 6.07) is -0.128. The molecule has 0 bridgehead atoms. The largest absolute Gasteiger partial charge is 0.435 e. The number of rotatable bonds is 1. The van der Waals surface area contributed by atoms with Gasteiger partial charge in [-0.3, -0.25) is 0 Å². The molecule has 0 spiro atoms. The van der Waals surface area contributed by atoms with Gasteiger partial charge in [-0.05, 0) is 40.8 Å². The van der Waals surface area contributed by atoms with E-state index in [0.29, 0.717) is 6.07 Å². The average Bonchev–Trinajstić information content (AvgIpc) is 2.22. The van der Waals surface area contributed by atoms with Crippen LogP contribution in [0, 0.1) is 3.57 Å². The van der Waals surface area contributed by atoms with E-state index in [-0.39, 0.29) is 6.07 Å². The Morgan fingerprint density at radius 1 is 0.619 bits per heavy atom. The zero-order valence-corrected chi connectivity index (χ0v) is 11.5. The minimum atomic E-state index is -6.46. The molecular weight excluding hydrogens is 437 g/mol. The molecule has 0 saturated carbocycles. The predicted molar refractivity (Wildman–Crippen MR) is 59.1 cm³/mol. The normalized spacial score (nSPS) is 14.4. The fraction of sp³-hybridized carbons (Fsp3) is 0.400. The van der Waals surface area contributed by atoms with Crippen LogP contribution in [-0.4, -0.2) is 12.4 Å². The van der Waals surface area contributed by atoms with Crippen molar-refractivity contribution in [1.82, 2.24) is 0 Å². The highest BCUT2D eigenvalue weighted by molar-refractivity contribution is 14.1. The van der Waals surface area contributed by atoms with Crippen LogP contribution in [0.4, 0.5) is 43.9 Å². The Morgan fingerprint density at radius 3 is 1.33 bits per heavy atom. The van der Waals surface area contributed by atoms with Crippen molar-refractivity contribution >= 4 is 22.6 Å². The molecule has 120 valence electrons. The van der Waals surface area contributed by atoms with Crippen molar-refractivity contribution < 1.29 is 43.9 Å². The van der Waals surface area contributed by atoms with E-state index in [4.69, 9.17) is 0 Å². The fourth-order valence-corrected chi connectivity index (χ4v) is 2.11. The first-order valence-electron chi connectivity index (χ1n) is 4.81. The van der Waals surface area contributed by atoms with Crippen LogP contribution in [-0.2, 0) is 11.8 Å². The molecule has 1 rings (SSSR count). The monoisotopic (exact) mass is 440 g/mol. The van der Waals surface area contributed by atoms with Crippen molar-refractivity contribution in [1.29, 1.82) is 0 Å². The number of halogens is 11. The van der Waals surface area contributed by atoms with Gasteiger partial charge in [0.2, 0.25) is 0 Å². The van der Waals surface area contributed by atoms with Gasteiger partial charge in [-0.25, -0.2) is 4.39 Å². The number of hydrogen-bond acceptors (Lipinski definition) is 0. The van der Waals surface area contributed by atoms with Gasteiger partial charge in [0.05, 0.1) is 5.56 Å². The van der Waals surface area contributed by atoms with Crippen molar-refractivity contribution in [3.8, 4) is 0 Å². The first kappa shape index (κ1) is 18.3. The van der Waals surface area contributed by atoms with Gasteiger partial charge in [-0.2, -0.15) is 39.5 Å². The molecule has 0 aliphatic heterocycles.